The lowest BCUT2D eigenvalue weighted by molar-refractivity contribution is 0.102. The average molecular weight is 432 g/mol. The standard InChI is InChI=1S/C25H22ClN3O2/c1-3-16-14-15-21(26)20(4-2)22(16)27-23(30)17-10-12-19(13-11-17)25-29-28-24(31-25)18-8-6-5-7-9-18/h5-15H,3-4H2,1-2H3,(H,27,30). The van der Waals surface area contributed by atoms with Gasteiger partial charge in [-0.15, -0.1) is 10.2 Å². The van der Waals surface area contributed by atoms with Gasteiger partial charge in [0, 0.05) is 27.4 Å². The summed E-state index contributed by atoms with van der Waals surface area (Å²) in [6.45, 7) is 4.08. The maximum atomic E-state index is 12.9. The van der Waals surface area contributed by atoms with E-state index in [-0.39, 0.29) is 5.91 Å². The first-order valence-electron chi connectivity index (χ1n) is 10.2. The lowest BCUT2D eigenvalue weighted by Crippen LogP contribution is -2.15. The molecule has 0 aliphatic heterocycles. The number of amides is 1. The van der Waals surface area contributed by atoms with Gasteiger partial charge in [0.05, 0.1) is 0 Å². The highest BCUT2D eigenvalue weighted by Gasteiger charge is 2.15. The van der Waals surface area contributed by atoms with Crippen molar-refractivity contribution in [3.8, 4) is 22.9 Å². The van der Waals surface area contributed by atoms with Crippen LogP contribution in [0.15, 0.2) is 71.1 Å². The normalized spacial score (nSPS) is 10.8. The first-order valence-corrected chi connectivity index (χ1v) is 10.6. The van der Waals surface area contributed by atoms with Crippen molar-refractivity contribution in [1.82, 2.24) is 10.2 Å². The molecule has 4 rings (SSSR count). The minimum atomic E-state index is -0.186. The van der Waals surface area contributed by atoms with Gasteiger partial charge in [0.15, 0.2) is 0 Å². The molecule has 0 saturated carbocycles. The number of hydrogen-bond donors (Lipinski definition) is 1. The molecule has 6 heteroatoms. The van der Waals surface area contributed by atoms with E-state index >= 15 is 0 Å². The Bertz CT molecular complexity index is 1200. The van der Waals surface area contributed by atoms with Crippen molar-refractivity contribution in [3.05, 3.63) is 88.4 Å². The highest BCUT2D eigenvalue weighted by Crippen LogP contribution is 2.30. The Hall–Kier alpha value is -3.44. The van der Waals surface area contributed by atoms with Gasteiger partial charge in [-0.25, -0.2) is 0 Å². The van der Waals surface area contributed by atoms with Crippen LogP contribution in [0.4, 0.5) is 5.69 Å². The molecule has 156 valence electrons. The van der Waals surface area contributed by atoms with Crippen LogP contribution in [0.5, 0.6) is 0 Å². The number of rotatable bonds is 6. The molecule has 0 fully saturated rings. The monoisotopic (exact) mass is 431 g/mol. The second kappa shape index (κ2) is 9.14. The Morgan fingerprint density at radius 1 is 0.871 bits per heavy atom. The minimum absolute atomic E-state index is 0.186. The molecular formula is C25H22ClN3O2. The van der Waals surface area contributed by atoms with Gasteiger partial charge in [0.1, 0.15) is 0 Å². The van der Waals surface area contributed by atoms with Gasteiger partial charge in [-0.2, -0.15) is 0 Å². The first-order chi connectivity index (χ1) is 15.1. The van der Waals surface area contributed by atoms with Crippen molar-refractivity contribution >= 4 is 23.2 Å². The molecule has 0 bridgehead atoms. The summed E-state index contributed by atoms with van der Waals surface area (Å²) >= 11 is 6.35. The molecular weight excluding hydrogens is 410 g/mol. The zero-order valence-corrected chi connectivity index (χ0v) is 18.1. The number of aromatic nitrogens is 2. The van der Waals surface area contributed by atoms with E-state index < -0.39 is 0 Å². The second-order valence-corrected chi connectivity index (χ2v) is 7.48. The second-order valence-electron chi connectivity index (χ2n) is 7.08. The number of aryl methyl sites for hydroxylation is 1. The molecule has 1 amide bonds. The number of nitrogens with zero attached hydrogens (tertiary/aromatic N) is 2. The number of halogens is 1. The Kier molecular flexibility index (Phi) is 6.14. The summed E-state index contributed by atoms with van der Waals surface area (Å²) in [5, 5.41) is 12.0. The fraction of sp³-hybridized carbons (Fsp3) is 0.160. The van der Waals surface area contributed by atoms with Gasteiger partial charge in [-0.05, 0) is 66.4 Å². The van der Waals surface area contributed by atoms with E-state index in [1.165, 1.54) is 0 Å². The summed E-state index contributed by atoms with van der Waals surface area (Å²) in [5.74, 6) is 0.675. The quantitative estimate of drug-likeness (QED) is 0.381. The van der Waals surface area contributed by atoms with E-state index in [0.29, 0.717) is 22.4 Å². The third kappa shape index (κ3) is 4.37. The van der Waals surface area contributed by atoms with E-state index in [2.05, 4.69) is 22.4 Å². The SMILES string of the molecule is CCc1ccc(Cl)c(CC)c1NC(=O)c1ccc(-c2nnc(-c3ccccc3)o2)cc1. The lowest BCUT2D eigenvalue weighted by Gasteiger charge is -2.16. The van der Waals surface area contributed by atoms with E-state index in [4.69, 9.17) is 16.0 Å². The van der Waals surface area contributed by atoms with Gasteiger partial charge >= 0.3 is 0 Å². The highest BCUT2D eigenvalue weighted by molar-refractivity contribution is 6.32. The van der Waals surface area contributed by atoms with Gasteiger partial charge < -0.3 is 9.73 Å². The van der Waals surface area contributed by atoms with Crippen LogP contribution in [-0.4, -0.2) is 16.1 Å². The van der Waals surface area contributed by atoms with Crippen molar-refractivity contribution < 1.29 is 9.21 Å². The maximum absolute atomic E-state index is 12.9. The predicted molar refractivity (Wildman–Crippen MR) is 123 cm³/mol. The van der Waals surface area contributed by atoms with E-state index in [1.54, 1.807) is 24.3 Å². The van der Waals surface area contributed by atoms with Crippen LogP contribution in [-0.2, 0) is 12.8 Å². The first kappa shape index (κ1) is 20.8. The van der Waals surface area contributed by atoms with Crippen LogP contribution in [0.1, 0.15) is 35.3 Å². The molecule has 0 spiro atoms. The van der Waals surface area contributed by atoms with E-state index in [0.717, 1.165) is 40.8 Å². The van der Waals surface area contributed by atoms with Gasteiger partial charge in [-0.1, -0.05) is 49.7 Å². The Balaban J connectivity index is 1.55. The minimum Gasteiger partial charge on any atom is -0.416 e. The fourth-order valence-electron chi connectivity index (χ4n) is 3.45. The highest BCUT2D eigenvalue weighted by atomic mass is 35.5. The van der Waals surface area contributed by atoms with Crippen molar-refractivity contribution in [1.29, 1.82) is 0 Å². The zero-order valence-electron chi connectivity index (χ0n) is 17.4. The van der Waals surface area contributed by atoms with Crippen LogP contribution in [0.3, 0.4) is 0 Å². The van der Waals surface area contributed by atoms with Gasteiger partial charge in [-0.3, -0.25) is 4.79 Å². The molecule has 1 aromatic heterocycles. The summed E-state index contributed by atoms with van der Waals surface area (Å²) in [6.07, 6.45) is 1.54. The molecule has 0 aliphatic rings. The molecule has 1 heterocycles. The Morgan fingerprint density at radius 2 is 1.52 bits per heavy atom. The average Bonchev–Trinajstić information content (AvgIpc) is 3.30. The fourth-order valence-corrected chi connectivity index (χ4v) is 3.75. The molecule has 0 saturated heterocycles. The van der Waals surface area contributed by atoms with Crippen molar-refractivity contribution in [2.24, 2.45) is 0 Å². The number of hydrogen-bond acceptors (Lipinski definition) is 4. The summed E-state index contributed by atoms with van der Waals surface area (Å²) < 4.78 is 5.79. The number of carbonyl (C=O) groups is 1. The topological polar surface area (TPSA) is 68.0 Å². The van der Waals surface area contributed by atoms with Crippen LogP contribution in [0.25, 0.3) is 22.9 Å². The van der Waals surface area contributed by atoms with Crippen molar-refractivity contribution in [2.75, 3.05) is 5.32 Å². The number of nitrogens with one attached hydrogen (secondary N) is 1. The lowest BCUT2D eigenvalue weighted by atomic mass is 10.0. The largest absolute Gasteiger partial charge is 0.416 e. The van der Waals surface area contributed by atoms with Gasteiger partial charge in [0.25, 0.3) is 5.91 Å². The third-order valence-electron chi connectivity index (χ3n) is 5.15. The number of anilines is 1. The predicted octanol–water partition coefficient (Wildman–Crippen LogP) is 6.43. The summed E-state index contributed by atoms with van der Waals surface area (Å²) in [7, 11) is 0. The van der Waals surface area contributed by atoms with Gasteiger partial charge in [0.2, 0.25) is 11.8 Å². The van der Waals surface area contributed by atoms with E-state index in [1.807, 2.05) is 49.4 Å². The molecule has 4 aromatic rings. The molecule has 31 heavy (non-hydrogen) atoms. The Labute approximate surface area is 186 Å². The number of carbonyl (C=O) groups excluding carboxylic acids is 1. The van der Waals surface area contributed by atoms with Crippen LogP contribution >= 0.6 is 11.6 Å². The van der Waals surface area contributed by atoms with Crippen molar-refractivity contribution in [2.45, 2.75) is 26.7 Å². The molecule has 0 atom stereocenters. The smallest absolute Gasteiger partial charge is 0.255 e. The molecule has 3 aromatic carbocycles. The van der Waals surface area contributed by atoms with Crippen LogP contribution in [0.2, 0.25) is 5.02 Å². The van der Waals surface area contributed by atoms with Crippen LogP contribution in [0, 0.1) is 0 Å². The van der Waals surface area contributed by atoms with E-state index in [9.17, 15) is 4.79 Å². The number of benzene rings is 3. The Morgan fingerprint density at radius 3 is 2.13 bits per heavy atom. The molecule has 5 nitrogen and oxygen atoms in total. The molecule has 0 radical (unpaired) electrons. The summed E-state index contributed by atoms with van der Waals surface area (Å²) in [6, 6.07) is 20.5. The third-order valence-corrected chi connectivity index (χ3v) is 5.51. The maximum Gasteiger partial charge on any atom is 0.255 e. The van der Waals surface area contributed by atoms with Crippen LogP contribution < -0.4 is 5.32 Å². The molecule has 0 unspecified atom stereocenters. The summed E-state index contributed by atoms with van der Waals surface area (Å²) in [4.78, 5) is 12.9. The van der Waals surface area contributed by atoms with Crippen molar-refractivity contribution in [3.63, 3.8) is 0 Å². The molecule has 1 N–H and O–H groups in total. The summed E-state index contributed by atoms with van der Waals surface area (Å²) in [5.41, 5.74) is 4.96. The molecule has 0 aliphatic carbocycles. The zero-order chi connectivity index (χ0) is 21.8.